The van der Waals surface area contributed by atoms with Crippen LogP contribution in [0, 0.1) is 0 Å². The van der Waals surface area contributed by atoms with Crippen LogP contribution in [0.1, 0.15) is 13.3 Å². The van der Waals surface area contributed by atoms with Gasteiger partial charge in [0.1, 0.15) is 19.0 Å². The second kappa shape index (κ2) is 7.92. The Labute approximate surface area is 169 Å². The molecule has 1 atom stereocenters. The third-order valence-corrected chi connectivity index (χ3v) is 6.25. The van der Waals surface area contributed by atoms with Gasteiger partial charge in [0, 0.05) is 30.8 Å². The van der Waals surface area contributed by atoms with Gasteiger partial charge in [-0.05, 0) is 43.3 Å². The van der Waals surface area contributed by atoms with Gasteiger partial charge in [-0.1, -0.05) is 0 Å². The largest absolute Gasteiger partial charge is 0.494 e. The Morgan fingerprint density at radius 3 is 2.55 bits per heavy atom. The van der Waals surface area contributed by atoms with Crippen molar-refractivity contribution in [1.82, 2.24) is 4.72 Å². The van der Waals surface area contributed by atoms with Gasteiger partial charge in [0.25, 0.3) is 0 Å². The van der Waals surface area contributed by atoms with E-state index in [9.17, 15) is 13.2 Å². The molecule has 1 saturated heterocycles. The van der Waals surface area contributed by atoms with Crippen LogP contribution in [0.5, 0.6) is 17.2 Å². The van der Waals surface area contributed by atoms with Crippen molar-refractivity contribution in [3.8, 4) is 17.2 Å². The van der Waals surface area contributed by atoms with E-state index < -0.39 is 16.1 Å². The minimum atomic E-state index is -3.80. The smallest absolute Gasteiger partial charge is 0.241 e. The van der Waals surface area contributed by atoms with Crippen LogP contribution in [-0.2, 0) is 14.8 Å². The molecule has 2 aliphatic rings. The molecule has 29 heavy (non-hydrogen) atoms. The normalized spacial score (nSPS) is 18.7. The summed E-state index contributed by atoms with van der Waals surface area (Å²) in [6.07, 6.45) is 0.0942. The highest BCUT2D eigenvalue weighted by Gasteiger charge is 2.34. The Morgan fingerprint density at radius 1 is 1.10 bits per heavy atom. The second-order valence-corrected chi connectivity index (χ2v) is 8.47. The number of nitrogens with one attached hydrogen (secondary N) is 1. The molecule has 0 saturated carbocycles. The highest BCUT2D eigenvalue weighted by Crippen LogP contribution is 2.32. The van der Waals surface area contributed by atoms with Gasteiger partial charge in [-0.25, -0.2) is 13.1 Å². The first-order chi connectivity index (χ1) is 14.0. The van der Waals surface area contributed by atoms with Crippen LogP contribution in [0.25, 0.3) is 0 Å². The molecule has 0 spiro atoms. The van der Waals surface area contributed by atoms with Gasteiger partial charge in [-0.3, -0.25) is 4.79 Å². The fourth-order valence-corrected chi connectivity index (χ4v) is 4.65. The SMILES string of the molecule is CCOc1ccc(N2C[C@@H](NS(=O)(=O)c3ccc4c(c3)OCCO4)CC2=O)cc1. The number of sulfonamides is 1. The van der Waals surface area contributed by atoms with Crippen LogP contribution in [0.2, 0.25) is 0 Å². The van der Waals surface area contributed by atoms with E-state index in [1.165, 1.54) is 12.1 Å². The second-order valence-electron chi connectivity index (χ2n) is 6.76. The van der Waals surface area contributed by atoms with Gasteiger partial charge < -0.3 is 19.1 Å². The van der Waals surface area contributed by atoms with E-state index in [2.05, 4.69) is 4.72 Å². The molecule has 1 N–H and O–H groups in total. The lowest BCUT2D eigenvalue weighted by Crippen LogP contribution is -2.37. The molecular formula is C20H22N2O6S. The number of hydrogen-bond acceptors (Lipinski definition) is 6. The fourth-order valence-electron chi connectivity index (χ4n) is 3.40. The Kier molecular flexibility index (Phi) is 5.33. The topological polar surface area (TPSA) is 94.2 Å². The standard InChI is InChI=1S/C20H22N2O6S/c1-2-26-16-5-3-15(4-6-16)22-13-14(11-20(22)23)21-29(24,25)17-7-8-18-19(12-17)28-10-9-27-18/h3-8,12,14,21H,2,9-11,13H2,1H3/t14-/m0/s1. The molecule has 2 heterocycles. The summed E-state index contributed by atoms with van der Waals surface area (Å²) in [4.78, 5) is 14.1. The molecule has 154 valence electrons. The zero-order valence-electron chi connectivity index (χ0n) is 16.0. The highest BCUT2D eigenvalue weighted by atomic mass is 32.2. The van der Waals surface area contributed by atoms with Crippen LogP contribution < -0.4 is 23.8 Å². The number of carbonyl (C=O) groups excluding carboxylic acids is 1. The Hall–Kier alpha value is -2.78. The summed E-state index contributed by atoms with van der Waals surface area (Å²) in [5, 5.41) is 0. The molecule has 4 rings (SSSR count). The lowest BCUT2D eigenvalue weighted by molar-refractivity contribution is -0.117. The minimum absolute atomic E-state index is 0.0775. The zero-order chi connectivity index (χ0) is 20.4. The van der Waals surface area contributed by atoms with Crippen molar-refractivity contribution in [2.45, 2.75) is 24.3 Å². The average Bonchev–Trinajstić information content (AvgIpc) is 3.07. The number of ether oxygens (including phenoxy) is 3. The maximum absolute atomic E-state index is 12.8. The molecule has 2 aromatic rings. The Morgan fingerprint density at radius 2 is 1.83 bits per heavy atom. The molecule has 2 aliphatic heterocycles. The maximum Gasteiger partial charge on any atom is 0.241 e. The number of nitrogens with zero attached hydrogens (tertiary/aromatic N) is 1. The van der Waals surface area contributed by atoms with E-state index in [-0.39, 0.29) is 23.8 Å². The Bertz CT molecular complexity index is 1010. The van der Waals surface area contributed by atoms with E-state index >= 15 is 0 Å². The molecule has 9 heteroatoms. The van der Waals surface area contributed by atoms with Crippen molar-refractivity contribution in [2.24, 2.45) is 0 Å². The summed E-state index contributed by atoms with van der Waals surface area (Å²) in [5.41, 5.74) is 0.708. The summed E-state index contributed by atoms with van der Waals surface area (Å²) >= 11 is 0. The van der Waals surface area contributed by atoms with Crippen molar-refractivity contribution in [1.29, 1.82) is 0 Å². The van der Waals surface area contributed by atoms with Crippen LogP contribution in [0.3, 0.4) is 0 Å². The molecule has 1 amide bonds. The van der Waals surface area contributed by atoms with Gasteiger partial charge in [0.05, 0.1) is 11.5 Å². The number of benzene rings is 2. The monoisotopic (exact) mass is 418 g/mol. The van der Waals surface area contributed by atoms with Crippen molar-refractivity contribution in [3.63, 3.8) is 0 Å². The number of fused-ring (bicyclic) bond motifs is 1. The molecule has 0 aliphatic carbocycles. The zero-order valence-corrected chi connectivity index (χ0v) is 16.8. The highest BCUT2D eigenvalue weighted by molar-refractivity contribution is 7.89. The number of anilines is 1. The van der Waals surface area contributed by atoms with Crippen molar-refractivity contribution >= 4 is 21.6 Å². The number of hydrogen-bond donors (Lipinski definition) is 1. The van der Waals surface area contributed by atoms with E-state index in [4.69, 9.17) is 14.2 Å². The third-order valence-electron chi connectivity index (χ3n) is 4.73. The van der Waals surface area contributed by atoms with Gasteiger partial charge in [-0.2, -0.15) is 0 Å². The summed E-state index contributed by atoms with van der Waals surface area (Å²) in [7, 11) is -3.80. The summed E-state index contributed by atoms with van der Waals surface area (Å²) in [5.74, 6) is 1.51. The Balaban J connectivity index is 1.46. The fraction of sp³-hybridized carbons (Fsp3) is 0.350. The van der Waals surface area contributed by atoms with Crippen LogP contribution >= 0.6 is 0 Å². The summed E-state index contributed by atoms with van der Waals surface area (Å²) in [6.45, 7) is 3.53. The number of carbonyl (C=O) groups is 1. The van der Waals surface area contributed by atoms with Gasteiger partial charge in [-0.15, -0.1) is 0 Å². The molecule has 0 aromatic heterocycles. The molecule has 1 fully saturated rings. The molecule has 0 unspecified atom stereocenters. The van der Waals surface area contributed by atoms with E-state index in [0.29, 0.717) is 37.0 Å². The quantitative estimate of drug-likeness (QED) is 0.771. The van der Waals surface area contributed by atoms with E-state index in [1.807, 2.05) is 6.92 Å². The summed E-state index contributed by atoms with van der Waals surface area (Å²) < 4.78 is 44.5. The number of amides is 1. The number of rotatable bonds is 6. The predicted molar refractivity (Wildman–Crippen MR) is 106 cm³/mol. The average molecular weight is 418 g/mol. The first kappa shape index (κ1) is 19.5. The molecule has 2 aromatic carbocycles. The van der Waals surface area contributed by atoms with Crippen molar-refractivity contribution in [3.05, 3.63) is 42.5 Å². The predicted octanol–water partition coefficient (Wildman–Crippen LogP) is 1.94. The van der Waals surface area contributed by atoms with E-state index in [0.717, 1.165) is 5.75 Å². The van der Waals surface area contributed by atoms with Crippen LogP contribution in [0.4, 0.5) is 5.69 Å². The van der Waals surface area contributed by atoms with Crippen molar-refractivity contribution in [2.75, 3.05) is 31.3 Å². The molecule has 0 radical (unpaired) electrons. The minimum Gasteiger partial charge on any atom is -0.494 e. The van der Waals surface area contributed by atoms with Gasteiger partial charge in [0.15, 0.2) is 11.5 Å². The molecular weight excluding hydrogens is 396 g/mol. The van der Waals surface area contributed by atoms with E-state index in [1.54, 1.807) is 35.2 Å². The maximum atomic E-state index is 12.8. The summed E-state index contributed by atoms with van der Waals surface area (Å²) in [6, 6.07) is 11.1. The van der Waals surface area contributed by atoms with Crippen molar-refractivity contribution < 1.29 is 27.4 Å². The first-order valence-electron chi connectivity index (χ1n) is 9.41. The third kappa shape index (κ3) is 4.15. The van der Waals surface area contributed by atoms with Crippen LogP contribution in [0.15, 0.2) is 47.4 Å². The van der Waals surface area contributed by atoms with Crippen LogP contribution in [-0.4, -0.2) is 46.7 Å². The lowest BCUT2D eigenvalue weighted by Gasteiger charge is -2.20. The van der Waals surface area contributed by atoms with Gasteiger partial charge >= 0.3 is 0 Å². The first-order valence-corrected chi connectivity index (χ1v) is 10.9. The van der Waals surface area contributed by atoms with Gasteiger partial charge in [0.2, 0.25) is 15.9 Å². The lowest BCUT2D eigenvalue weighted by atomic mass is 10.3. The molecule has 0 bridgehead atoms. The molecule has 8 nitrogen and oxygen atoms in total.